The molecule has 0 atom stereocenters. The number of carbonyl (C=O) groups excluding carboxylic acids is 1. The summed E-state index contributed by atoms with van der Waals surface area (Å²) in [5, 5.41) is 2.92. The number of amides is 1. The first kappa shape index (κ1) is 14.5. The molecule has 0 saturated heterocycles. The second-order valence-electron chi connectivity index (χ2n) is 3.93. The normalized spacial score (nSPS) is 11.1. The maximum absolute atomic E-state index is 12.0. The van der Waals surface area contributed by atoms with E-state index in [0.717, 1.165) is 0 Å². The van der Waals surface area contributed by atoms with E-state index >= 15 is 0 Å². The van der Waals surface area contributed by atoms with Gasteiger partial charge >= 0.3 is 0 Å². The molecule has 2 rings (SSSR count). The van der Waals surface area contributed by atoms with Gasteiger partial charge in [0.25, 0.3) is 16.0 Å². The molecule has 0 unspecified atom stereocenters. The summed E-state index contributed by atoms with van der Waals surface area (Å²) in [6.07, 6.45) is 0. The summed E-state index contributed by atoms with van der Waals surface area (Å²) in [6.45, 7) is 0. The highest BCUT2D eigenvalue weighted by molar-refractivity contribution is 7.86. The lowest BCUT2D eigenvalue weighted by atomic mass is 10.2. The van der Waals surface area contributed by atoms with Crippen LogP contribution in [0, 0.1) is 0 Å². The summed E-state index contributed by atoms with van der Waals surface area (Å²) in [7, 11) is -4.40. The molecule has 0 bridgehead atoms. The molecule has 0 fully saturated rings. The van der Waals surface area contributed by atoms with Crippen molar-refractivity contribution < 1.29 is 17.8 Å². The van der Waals surface area contributed by atoms with Crippen molar-refractivity contribution in [3.05, 3.63) is 59.1 Å². The van der Waals surface area contributed by atoms with Gasteiger partial charge in [-0.1, -0.05) is 23.7 Å². The van der Waals surface area contributed by atoms with Crippen molar-refractivity contribution in [2.45, 2.75) is 4.90 Å². The lowest BCUT2D eigenvalue weighted by molar-refractivity contribution is 0.102. The molecule has 0 heterocycles. The van der Waals surface area contributed by atoms with E-state index in [-0.39, 0.29) is 10.6 Å². The SMILES string of the molecule is O=C(Nc1ccccc1S(=O)(=O)O)c1ccc(Cl)cc1. The van der Waals surface area contributed by atoms with Crippen LogP contribution in [0.2, 0.25) is 5.02 Å². The lowest BCUT2D eigenvalue weighted by Crippen LogP contribution is -2.14. The Bertz CT molecular complexity index is 741. The van der Waals surface area contributed by atoms with Crippen LogP contribution in [-0.4, -0.2) is 18.9 Å². The van der Waals surface area contributed by atoms with Gasteiger partial charge < -0.3 is 5.32 Å². The minimum atomic E-state index is -4.40. The molecule has 0 aromatic heterocycles. The van der Waals surface area contributed by atoms with E-state index in [9.17, 15) is 13.2 Å². The fraction of sp³-hybridized carbons (Fsp3) is 0. The Hall–Kier alpha value is -1.89. The van der Waals surface area contributed by atoms with Gasteiger partial charge in [-0.25, -0.2) is 0 Å². The molecule has 0 radical (unpaired) electrons. The molecular weight excluding hydrogens is 302 g/mol. The molecule has 104 valence electrons. The third kappa shape index (κ3) is 3.36. The van der Waals surface area contributed by atoms with Crippen molar-refractivity contribution in [2.75, 3.05) is 5.32 Å². The molecule has 5 nitrogen and oxygen atoms in total. The van der Waals surface area contributed by atoms with Crippen LogP contribution in [0.1, 0.15) is 10.4 Å². The Kier molecular flexibility index (Phi) is 4.08. The molecular formula is C13H10ClNO4S. The van der Waals surface area contributed by atoms with E-state index in [0.29, 0.717) is 10.6 Å². The standard InChI is InChI=1S/C13H10ClNO4S/c14-10-7-5-9(6-8-10)13(16)15-11-3-1-2-4-12(11)20(17,18)19/h1-8H,(H,15,16)(H,17,18,19). The molecule has 2 aromatic rings. The van der Waals surface area contributed by atoms with E-state index in [2.05, 4.69) is 5.32 Å². The van der Waals surface area contributed by atoms with E-state index in [1.165, 1.54) is 30.3 Å². The summed E-state index contributed by atoms with van der Waals surface area (Å²) in [5.41, 5.74) is 0.328. The van der Waals surface area contributed by atoms with Crippen LogP contribution in [0.5, 0.6) is 0 Å². The maximum Gasteiger partial charge on any atom is 0.296 e. The highest BCUT2D eigenvalue weighted by Crippen LogP contribution is 2.21. The number of nitrogens with one attached hydrogen (secondary N) is 1. The molecule has 1 amide bonds. The third-order valence-electron chi connectivity index (χ3n) is 2.52. The van der Waals surface area contributed by atoms with Gasteiger partial charge in [0, 0.05) is 10.6 Å². The van der Waals surface area contributed by atoms with Crippen LogP contribution >= 0.6 is 11.6 Å². The average molecular weight is 312 g/mol. The van der Waals surface area contributed by atoms with Gasteiger partial charge in [0.05, 0.1) is 5.69 Å². The summed E-state index contributed by atoms with van der Waals surface area (Å²) >= 11 is 5.72. The van der Waals surface area contributed by atoms with Gasteiger partial charge in [0.2, 0.25) is 0 Å². The smallest absolute Gasteiger partial charge is 0.296 e. The molecule has 20 heavy (non-hydrogen) atoms. The van der Waals surface area contributed by atoms with Gasteiger partial charge in [-0.3, -0.25) is 9.35 Å². The zero-order valence-corrected chi connectivity index (χ0v) is 11.6. The van der Waals surface area contributed by atoms with Crippen molar-refractivity contribution in [1.29, 1.82) is 0 Å². The largest absolute Gasteiger partial charge is 0.321 e. The van der Waals surface area contributed by atoms with Gasteiger partial charge in [0.1, 0.15) is 4.90 Å². The molecule has 2 aromatic carbocycles. The topological polar surface area (TPSA) is 83.5 Å². The van der Waals surface area contributed by atoms with Crippen molar-refractivity contribution in [1.82, 2.24) is 0 Å². The second-order valence-corrected chi connectivity index (χ2v) is 5.76. The molecule has 2 N–H and O–H groups in total. The Morgan fingerprint density at radius 3 is 2.25 bits per heavy atom. The van der Waals surface area contributed by atoms with Crippen molar-refractivity contribution >= 4 is 33.3 Å². The fourth-order valence-electron chi connectivity index (χ4n) is 1.59. The molecule has 0 aliphatic carbocycles. The first-order chi connectivity index (χ1) is 9.38. The van der Waals surface area contributed by atoms with Gasteiger partial charge in [-0.15, -0.1) is 0 Å². The summed E-state index contributed by atoms with van der Waals surface area (Å²) in [4.78, 5) is 11.6. The van der Waals surface area contributed by atoms with Crippen molar-refractivity contribution in [2.24, 2.45) is 0 Å². The number of carbonyl (C=O) groups is 1. The minimum absolute atomic E-state index is 0.00921. The zero-order valence-electron chi connectivity index (χ0n) is 10.1. The molecule has 7 heteroatoms. The Balaban J connectivity index is 2.31. The van der Waals surface area contributed by atoms with Crippen molar-refractivity contribution in [3.63, 3.8) is 0 Å². The highest BCUT2D eigenvalue weighted by atomic mass is 35.5. The van der Waals surface area contributed by atoms with Gasteiger partial charge in [-0.2, -0.15) is 8.42 Å². The van der Waals surface area contributed by atoms with Crippen LogP contribution in [0.25, 0.3) is 0 Å². The first-order valence-electron chi connectivity index (χ1n) is 5.51. The Morgan fingerprint density at radius 1 is 1.05 bits per heavy atom. The number of anilines is 1. The summed E-state index contributed by atoms with van der Waals surface area (Å²) < 4.78 is 31.5. The third-order valence-corrected chi connectivity index (χ3v) is 3.68. The number of rotatable bonds is 3. The van der Waals surface area contributed by atoms with Gasteiger partial charge in [0.15, 0.2) is 0 Å². The monoisotopic (exact) mass is 311 g/mol. The highest BCUT2D eigenvalue weighted by Gasteiger charge is 2.16. The van der Waals surface area contributed by atoms with Crippen LogP contribution in [-0.2, 0) is 10.1 Å². The van der Waals surface area contributed by atoms with E-state index in [1.54, 1.807) is 18.2 Å². The van der Waals surface area contributed by atoms with Crippen LogP contribution < -0.4 is 5.32 Å². The fourth-order valence-corrected chi connectivity index (χ4v) is 2.36. The second kappa shape index (κ2) is 5.62. The molecule has 0 spiro atoms. The predicted octanol–water partition coefficient (Wildman–Crippen LogP) is 2.84. The van der Waals surface area contributed by atoms with E-state index in [1.807, 2.05) is 0 Å². The summed E-state index contributed by atoms with van der Waals surface area (Å²) in [6, 6.07) is 11.7. The summed E-state index contributed by atoms with van der Waals surface area (Å²) in [5.74, 6) is -0.502. The Labute approximate surface area is 120 Å². The number of hydrogen-bond acceptors (Lipinski definition) is 3. The average Bonchev–Trinajstić information content (AvgIpc) is 2.38. The van der Waals surface area contributed by atoms with E-state index in [4.69, 9.17) is 16.2 Å². The number of benzene rings is 2. The first-order valence-corrected chi connectivity index (χ1v) is 7.33. The lowest BCUT2D eigenvalue weighted by Gasteiger charge is -2.09. The number of para-hydroxylation sites is 1. The number of halogens is 1. The maximum atomic E-state index is 12.0. The number of hydrogen-bond donors (Lipinski definition) is 2. The molecule has 0 aliphatic heterocycles. The van der Waals surface area contributed by atoms with Crippen molar-refractivity contribution in [3.8, 4) is 0 Å². The van der Waals surface area contributed by atoms with Crippen LogP contribution in [0.3, 0.4) is 0 Å². The van der Waals surface area contributed by atoms with Gasteiger partial charge in [-0.05, 0) is 36.4 Å². The van der Waals surface area contributed by atoms with Crippen LogP contribution in [0.15, 0.2) is 53.4 Å². The zero-order chi connectivity index (χ0) is 14.8. The quantitative estimate of drug-likeness (QED) is 0.854. The minimum Gasteiger partial charge on any atom is -0.321 e. The Morgan fingerprint density at radius 2 is 1.65 bits per heavy atom. The molecule has 0 aliphatic rings. The van der Waals surface area contributed by atoms with E-state index < -0.39 is 16.0 Å². The predicted molar refractivity (Wildman–Crippen MR) is 75.7 cm³/mol. The molecule has 0 saturated carbocycles. The van der Waals surface area contributed by atoms with Crippen LogP contribution in [0.4, 0.5) is 5.69 Å².